The molecule has 0 saturated carbocycles. The molecule has 1 atom stereocenters. The SMILES string of the molecule is C=C(C)C[C@H](O)C/C(C)=C\CO. The summed E-state index contributed by atoms with van der Waals surface area (Å²) in [6.45, 7) is 7.56. The highest BCUT2D eigenvalue weighted by Gasteiger charge is 2.04. The lowest BCUT2D eigenvalue weighted by Crippen LogP contribution is -2.07. The van der Waals surface area contributed by atoms with Gasteiger partial charge in [-0.05, 0) is 26.7 Å². The molecule has 0 rings (SSSR count). The molecule has 0 aromatic heterocycles. The van der Waals surface area contributed by atoms with Gasteiger partial charge in [0, 0.05) is 0 Å². The lowest BCUT2D eigenvalue weighted by atomic mass is 10.0. The number of rotatable bonds is 5. The number of hydrogen-bond acceptors (Lipinski definition) is 2. The Morgan fingerprint density at radius 1 is 1.42 bits per heavy atom. The molecule has 70 valence electrons. The van der Waals surface area contributed by atoms with Crippen molar-refractivity contribution in [3.05, 3.63) is 23.8 Å². The van der Waals surface area contributed by atoms with Gasteiger partial charge in [-0.3, -0.25) is 0 Å². The van der Waals surface area contributed by atoms with Crippen molar-refractivity contribution in [2.75, 3.05) is 6.61 Å². The van der Waals surface area contributed by atoms with Crippen LogP contribution in [0.1, 0.15) is 26.7 Å². The van der Waals surface area contributed by atoms with Crippen molar-refractivity contribution in [3.63, 3.8) is 0 Å². The largest absolute Gasteiger partial charge is 0.392 e. The zero-order valence-corrected chi connectivity index (χ0v) is 7.88. The Labute approximate surface area is 74.2 Å². The van der Waals surface area contributed by atoms with Gasteiger partial charge in [0.25, 0.3) is 0 Å². The molecule has 0 aliphatic carbocycles. The van der Waals surface area contributed by atoms with Gasteiger partial charge in [-0.1, -0.05) is 17.2 Å². The monoisotopic (exact) mass is 170 g/mol. The van der Waals surface area contributed by atoms with E-state index in [1.165, 1.54) is 0 Å². The summed E-state index contributed by atoms with van der Waals surface area (Å²) in [6.07, 6.45) is 2.61. The van der Waals surface area contributed by atoms with Gasteiger partial charge in [-0.25, -0.2) is 0 Å². The molecule has 2 heteroatoms. The zero-order chi connectivity index (χ0) is 9.56. The molecule has 0 aromatic carbocycles. The van der Waals surface area contributed by atoms with E-state index in [0.29, 0.717) is 12.8 Å². The summed E-state index contributed by atoms with van der Waals surface area (Å²) in [5.74, 6) is 0. The van der Waals surface area contributed by atoms with Crippen LogP contribution in [0.25, 0.3) is 0 Å². The van der Waals surface area contributed by atoms with E-state index in [1.54, 1.807) is 6.08 Å². The maximum absolute atomic E-state index is 9.43. The number of aliphatic hydroxyl groups excluding tert-OH is 2. The summed E-state index contributed by atoms with van der Waals surface area (Å²) < 4.78 is 0. The Bertz CT molecular complexity index is 171. The Morgan fingerprint density at radius 3 is 2.42 bits per heavy atom. The van der Waals surface area contributed by atoms with Gasteiger partial charge in [-0.2, -0.15) is 0 Å². The van der Waals surface area contributed by atoms with Gasteiger partial charge in [0.1, 0.15) is 0 Å². The summed E-state index contributed by atoms with van der Waals surface area (Å²) in [5.41, 5.74) is 2.01. The molecule has 0 fully saturated rings. The van der Waals surface area contributed by atoms with E-state index in [1.807, 2.05) is 13.8 Å². The van der Waals surface area contributed by atoms with Crippen LogP contribution >= 0.6 is 0 Å². The smallest absolute Gasteiger partial charge is 0.0614 e. The fourth-order valence-corrected chi connectivity index (χ4v) is 1.09. The standard InChI is InChI=1S/C10H18O2/c1-8(2)6-10(12)7-9(3)4-5-11/h4,10-12H,1,5-7H2,2-3H3/b9-4-/t10-/m0/s1. The Kier molecular flexibility index (Phi) is 5.68. The molecule has 0 amide bonds. The molecule has 0 aliphatic rings. The van der Waals surface area contributed by atoms with Crippen molar-refractivity contribution in [3.8, 4) is 0 Å². The second-order valence-electron chi connectivity index (χ2n) is 3.25. The lowest BCUT2D eigenvalue weighted by molar-refractivity contribution is 0.175. The van der Waals surface area contributed by atoms with Crippen molar-refractivity contribution in [1.29, 1.82) is 0 Å². The van der Waals surface area contributed by atoms with Gasteiger partial charge in [0.05, 0.1) is 12.7 Å². The van der Waals surface area contributed by atoms with Crippen molar-refractivity contribution in [1.82, 2.24) is 0 Å². The van der Waals surface area contributed by atoms with Crippen molar-refractivity contribution in [2.24, 2.45) is 0 Å². The van der Waals surface area contributed by atoms with Crippen LogP contribution in [0.3, 0.4) is 0 Å². The molecular weight excluding hydrogens is 152 g/mol. The summed E-state index contributed by atoms with van der Waals surface area (Å²) in [6, 6.07) is 0. The van der Waals surface area contributed by atoms with Crippen LogP contribution in [0, 0.1) is 0 Å². The minimum absolute atomic E-state index is 0.0472. The predicted octanol–water partition coefficient (Wildman–Crippen LogP) is 1.64. The second kappa shape index (κ2) is 5.98. The fraction of sp³-hybridized carbons (Fsp3) is 0.600. The van der Waals surface area contributed by atoms with Crippen LogP contribution in [-0.2, 0) is 0 Å². The van der Waals surface area contributed by atoms with Gasteiger partial charge >= 0.3 is 0 Å². The third-order valence-corrected chi connectivity index (χ3v) is 1.58. The number of aliphatic hydroxyl groups is 2. The zero-order valence-electron chi connectivity index (χ0n) is 7.88. The van der Waals surface area contributed by atoms with Crippen LogP contribution in [0.4, 0.5) is 0 Å². The second-order valence-corrected chi connectivity index (χ2v) is 3.25. The molecule has 0 radical (unpaired) electrons. The van der Waals surface area contributed by atoms with E-state index in [0.717, 1.165) is 11.1 Å². The first kappa shape index (κ1) is 11.4. The quantitative estimate of drug-likeness (QED) is 0.616. The molecule has 2 N–H and O–H groups in total. The Hall–Kier alpha value is -0.600. The van der Waals surface area contributed by atoms with Gasteiger partial charge in [-0.15, -0.1) is 6.58 Å². The molecule has 0 aliphatic heterocycles. The molecule has 0 aromatic rings. The normalized spacial score (nSPS) is 14.5. The van der Waals surface area contributed by atoms with E-state index in [9.17, 15) is 5.11 Å². The minimum atomic E-state index is -0.356. The fourth-order valence-electron chi connectivity index (χ4n) is 1.09. The van der Waals surface area contributed by atoms with Crippen LogP contribution in [0.15, 0.2) is 23.8 Å². The average Bonchev–Trinajstić information content (AvgIpc) is 1.84. The Morgan fingerprint density at radius 2 is 2.00 bits per heavy atom. The molecule has 12 heavy (non-hydrogen) atoms. The van der Waals surface area contributed by atoms with E-state index >= 15 is 0 Å². The first-order valence-electron chi connectivity index (χ1n) is 4.15. The highest BCUT2D eigenvalue weighted by atomic mass is 16.3. The van der Waals surface area contributed by atoms with E-state index in [2.05, 4.69) is 6.58 Å². The molecular formula is C10H18O2. The Balaban J connectivity index is 3.75. The van der Waals surface area contributed by atoms with Crippen molar-refractivity contribution >= 4 is 0 Å². The molecule has 0 spiro atoms. The molecule has 0 bridgehead atoms. The third kappa shape index (κ3) is 6.13. The van der Waals surface area contributed by atoms with Crippen LogP contribution < -0.4 is 0 Å². The summed E-state index contributed by atoms with van der Waals surface area (Å²) >= 11 is 0. The first-order valence-corrected chi connectivity index (χ1v) is 4.15. The maximum Gasteiger partial charge on any atom is 0.0614 e. The third-order valence-electron chi connectivity index (χ3n) is 1.58. The maximum atomic E-state index is 9.43. The predicted molar refractivity (Wildman–Crippen MR) is 50.9 cm³/mol. The molecule has 0 heterocycles. The molecule has 2 nitrogen and oxygen atoms in total. The van der Waals surface area contributed by atoms with Gasteiger partial charge in [0.2, 0.25) is 0 Å². The number of hydrogen-bond donors (Lipinski definition) is 2. The van der Waals surface area contributed by atoms with Gasteiger partial charge in [0.15, 0.2) is 0 Å². The van der Waals surface area contributed by atoms with Crippen LogP contribution in [0.2, 0.25) is 0 Å². The van der Waals surface area contributed by atoms with Crippen molar-refractivity contribution in [2.45, 2.75) is 32.8 Å². The van der Waals surface area contributed by atoms with E-state index in [4.69, 9.17) is 5.11 Å². The lowest BCUT2D eigenvalue weighted by Gasteiger charge is -2.09. The molecule has 0 saturated heterocycles. The highest BCUT2D eigenvalue weighted by molar-refractivity contribution is 5.02. The topological polar surface area (TPSA) is 40.5 Å². The highest BCUT2D eigenvalue weighted by Crippen LogP contribution is 2.10. The average molecular weight is 170 g/mol. The first-order chi connectivity index (χ1) is 5.56. The van der Waals surface area contributed by atoms with Crippen LogP contribution in [0.5, 0.6) is 0 Å². The molecule has 0 unspecified atom stereocenters. The van der Waals surface area contributed by atoms with E-state index < -0.39 is 0 Å². The van der Waals surface area contributed by atoms with Crippen LogP contribution in [-0.4, -0.2) is 22.9 Å². The van der Waals surface area contributed by atoms with E-state index in [-0.39, 0.29) is 12.7 Å². The minimum Gasteiger partial charge on any atom is -0.392 e. The summed E-state index contributed by atoms with van der Waals surface area (Å²) in [5, 5.41) is 18.0. The summed E-state index contributed by atoms with van der Waals surface area (Å²) in [7, 11) is 0. The van der Waals surface area contributed by atoms with Gasteiger partial charge < -0.3 is 10.2 Å². The van der Waals surface area contributed by atoms with Crippen molar-refractivity contribution < 1.29 is 10.2 Å². The summed E-state index contributed by atoms with van der Waals surface area (Å²) in [4.78, 5) is 0.